The van der Waals surface area contributed by atoms with Crippen molar-refractivity contribution in [1.82, 2.24) is 4.90 Å². The Bertz CT molecular complexity index is 1250. The Morgan fingerprint density at radius 1 is 0.660 bits per heavy atom. The van der Waals surface area contributed by atoms with Crippen molar-refractivity contribution in [3.05, 3.63) is 108 Å². The summed E-state index contributed by atoms with van der Waals surface area (Å²) >= 11 is 0. The zero-order valence-corrected chi connectivity index (χ0v) is 33.5. The first-order valence-electron chi connectivity index (χ1n) is 19.7. The molecule has 3 aromatic rings. The molecule has 0 spiro atoms. The molecule has 0 aromatic heterocycles. The number of hydrogen-bond donors (Lipinski definition) is 0. The summed E-state index contributed by atoms with van der Waals surface area (Å²) in [6.45, 7) is 16.5. The van der Waals surface area contributed by atoms with E-state index >= 15 is 0 Å². The largest absolute Gasteiger partial charge is 0.415 e. The molecular weight excluding hydrogens is 631 g/mol. The molecule has 276 valence electrons. The summed E-state index contributed by atoms with van der Waals surface area (Å²) in [7, 11) is -2.06. The van der Waals surface area contributed by atoms with Crippen molar-refractivity contribution in [2.45, 2.75) is 161 Å². The Hall–Kier alpha value is -2.57. The third-order valence-corrected chi connectivity index (χ3v) is 15.1. The normalized spacial score (nSPS) is 13.4. The third kappa shape index (κ3) is 16.2. The number of unbranched alkanes of at least 4 members (excludes halogenated alkanes) is 9. The maximum Gasteiger partial charge on any atom is 0.192 e. The molecule has 3 aromatic carbocycles. The lowest BCUT2D eigenvalue weighted by molar-refractivity contribution is -0.120. The number of ether oxygens (including phenoxy) is 1. The highest BCUT2D eigenvalue weighted by Crippen LogP contribution is 2.37. The lowest BCUT2D eigenvalue weighted by Crippen LogP contribution is -2.51. The van der Waals surface area contributed by atoms with E-state index in [1.807, 2.05) is 6.07 Å². The Kier molecular flexibility index (Phi) is 19.3. The number of ketones is 1. The highest BCUT2D eigenvalue weighted by Gasteiger charge is 2.39. The van der Waals surface area contributed by atoms with Crippen LogP contribution >= 0.6 is 0 Å². The molecule has 0 saturated heterocycles. The molecule has 0 unspecified atom stereocenters. The van der Waals surface area contributed by atoms with Crippen LogP contribution in [0.3, 0.4) is 0 Å². The average Bonchev–Trinajstić information content (AvgIpc) is 3.10. The fourth-order valence-corrected chi connectivity index (χ4v) is 7.31. The summed E-state index contributed by atoms with van der Waals surface area (Å²) in [4.78, 5) is 15.9. The van der Waals surface area contributed by atoms with E-state index in [0.717, 1.165) is 31.5 Å². The van der Waals surface area contributed by atoms with Gasteiger partial charge < -0.3 is 9.16 Å². The highest BCUT2D eigenvalue weighted by molar-refractivity contribution is 6.74. The first kappa shape index (κ1) is 41.8. The smallest absolute Gasteiger partial charge is 0.192 e. The van der Waals surface area contributed by atoms with Crippen molar-refractivity contribution in [1.29, 1.82) is 0 Å². The van der Waals surface area contributed by atoms with E-state index in [2.05, 4.69) is 131 Å². The van der Waals surface area contributed by atoms with E-state index in [1.54, 1.807) is 0 Å². The lowest BCUT2D eigenvalue weighted by atomic mass is 9.99. The van der Waals surface area contributed by atoms with Crippen molar-refractivity contribution in [3.63, 3.8) is 0 Å². The van der Waals surface area contributed by atoms with Crippen LogP contribution in [0.25, 0.3) is 0 Å². The van der Waals surface area contributed by atoms with E-state index in [1.165, 1.54) is 62.5 Å². The van der Waals surface area contributed by atoms with Gasteiger partial charge in [-0.25, -0.2) is 0 Å². The van der Waals surface area contributed by atoms with Crippen molar-refractivity contribution in [3.8, 4) is 0 Å². The number of benzene rings is 3. The molecule has 50 heavy (non-hydrogen) atoms. The zero-order valence-electron chi connectivity index (χ0n) is 32.5. The Morgan fingerprint density at radius 3 is 1.60 bits per heavy atom. The fourth-order valence-electron chi connectivity index (χ4n) is 6.29. The van der Waals surface area contributed by atoms with Gasteiger partial charge in [0.05, 0.1) is 25.4 Å². The van der Waals surface area contributed by atoms with E-state index < -0.39 is 8.32 Å². The number of Topliss-reactive ketones (excluding diaryl/α,β-unsaturated/α-hetero) is 1. The molecule has 0 amide bonds. The van der Waals surface area contributed by atoms with Crippen LogP contribution in [0.5, 0.6) is 0 Å². The second-order valence-corrected chi connectivity index (χ2v) is 20.7. The van der Waals surface area contributed by atoms with Crippen LogP contribution in [-0.4, -0.2) is 37.8 Å². The first-order valence-corrected chi connectivity index (χ1v) is 22.6. The minimum Gasteiger partial charge on any atom is -0.415 e. The van der Waals surface area contributed by atoms with Crippen LogP contribution in [-0.2, 0) is 33.7 Å². The van der Waals surface area contributed by atoms with Gasteiger partial charge in [0.2, 0.25) is 0 Å². The summed E-state index contributed by atoms with van der Waals surface area (Å²) in [6.07, 6.45) is 14.5. The van der Waals surface area contributed by atoms with Gasteiger partial charge in [0, 0.05) is 25.9 Å². The number of carbonyl (C=O) groups excluding carboxylic acids is 1. The van der Waals surface area contributed by atoms with E-state index in [0.29, 0.717) is 38.3 Å². The van der Waals surface area contributed by atoms with Gasteiger partial charge in [-0.3, -0.25) is 9.69 Å². The maximum atomic E-state index is 13.4. The molecule has 0 fully saturated rings. The summed E-state index contributed by atoms with van der Waals surface area (Å²) in [5.41, 5.74) is 3.68. The number of hydrogen-bond acceptors (Lipinski definition) is 4. The van der Waals surface area contributed by atoms with Crippen LogP contribution in [0.4, 0.5) is 0 Å². The molecule has 5 heteroatoms. The predicted octanol–water partition coefficient (Wildman–Crippen LogP) is 12.3. The molecule has 0 heterocycles. The number of rotatable bonds is 26. The van der Waals surface area contributed by atoms with E-state index in [-0.39, 0.29) is 17.2 Å². The van der Waals surface area contributed by atoms with Gasteiger partial charge in [0.15, 0.2) is 8.32 Å². The van der Waals surface area contributed by atoms with Gasteiger partial charge in [-0.05, 0) is 47.7 Å². The molecule has 3 rings (SSSR count). The predicted molar refractivity (Wildman–Crippen MR) is 215 cm³/mol. The molecule has 0 aliphatic carbocycles. The Morgan fingerprint density at radius 2 is 1.12 bits per heavy atom. The van der Waals surface area contributed by atoms with E-state index in [9.17, 15) is 4.79 Å². The van der Waals surface area contributed by atoms with Crippen molar-refractivity contribution in [2.75, 3.05) is 6.61 Å². The van der Waals surface area contributed by atoms with Gasteiger partial charge in [0.25, 0.3) is 0 Å². The van der Waals surface area contributed by atoms with Gasteiger partial charge in [-0.2, -0.15) is 0 Å². The Labute approximate surface area is 307 Å². The minimum absolute atomic E-state index is 0.0293. The van der Waals surface area contributed by atoms with Crippen LogP contribution in [0, 0.1) is 0 Å². The molecule has 0 bridgehead atoms. The fraction of sp³-hybridized carbons (Fsp3) is 0.578. The van der Waals surface area contributed by atoms with E-state index in [4.69, 9.17) is 9.16 Å². The SMILES string of the molecule is CCCCCCCCCCCCC(=O)CC[C@@H](OCc1ccccc1)[C@H](CO[Si](C)(C)C(C)(C)C)N(Cc1ccccc1)Cc1ccccc1. The van der Waals surface area contributed by atoms with Crippen LogP contribution < -0.4 is 0 Å². The van der Waals surface area contributed by atoms with Gasteiger partial charge >= 0.3 is 0 Å². The molecule has 0 aliphatic heterocycles. The minimum atomic E-state index is -2.06. The molecule has 0 aliphatic rings. The van der Waals surface area contributed by atoms with Crippen molar-refractivity contribution < 1.29 is 14.0 Å². The topological polar surface area (TPSA) is 38.8 Å². The molecule has 2 atom stereocenters. The quantitative estimate of drug-likeness (QED) is 0.0617. The van der Waals surface area contributed by atoms with Gasteiger partial charge in [0.1, 0.15) is 5.78 Å². The summed E-state index contributed by atoms with van der Waals surface area (Å²) in [6, 6.07) is 31.9. The summed E-state index contributed by atoms with van der Waals surface area (Å²) in [5.74, 6) is 0.361. The third-order valence-electron chi connectivity index (χ3n) is 10.6. The Balaban J connectivity index is 1.78. The van der Waals surface area contributed by atoms with Gasteiger partial charge in [-0.15, -0.1) is 0 Å². The van der Waals surface area contributed by atoms with Gasteiger partial charge in [-0.1, -0.05) is 176 Å². The lowest BCUT2D eigenvalue weighted by Gasteiger charge is -2.42. The standard InChI is InChI=1S/C45H69NO3Si/c1-7-8-9-10-11-12-13-14-15-25-32-42(47)33-34-44(48-37-41-30-23-18-24-31-41)43(38-49-50(5,6)45(2,3)4)46(35-39-26-19-16-20-27-39)36-40-28-21-17-22-29-40/h16-24,26-31,43-44H,7-15,25,32-38H2,1-6H3/t43-,44+/m0/s1. The van der Waals surface area contributed by atoms with Crippen molar-refractivity contribution >= 4 is 14.1 Å². The zero-order chi connectivity index (χ0) is 36.1. The molecule has 0 saturated carbocycles. The van der Waals surface area contributed by atoms with Crippen LogP contribution in [0.15, 0.2) is 91.0 Å². The molecule has 0 radical (unpaired) electrons. The summed E-state index contributed by atoms with van der Waals surface area (Å²) in [5, 5.41) is 0.0899. The summed E-state index contributed by atoms with van der Waals surface area (Å²) < 4.78 is 13.9. The second-order valence-electron chi connectivity index (χ2n) is 15.9. The molecular formula is C45H69NO3Si. The van der Waals surface area contributed by atoms with Crippen LogP contribution in [0.1, 0.15) is 128 Å². The van der Waals surface area contributed by atoms with Crippen LogP contribution in [0.2, 0.25) is 18.1 Å². The molecule has 4 nitrogen and oxygen atoms in total. The second kappa shape index (κ2) is 23.1. The number of carbonyl (C=O) groups is 1. The number of nitrogens with zero attached hydrogens (tertiary/aromatic N) is 1. The highest BCUT2D eigenvalue weighted by atomic mass is 28.4. The monoisotopic (exact) mass is 700 g/mol. The maximum absolute atomic E-state index is 13.4. The van der Waals surface area contributed by atoms with Crippen molar-refractivity contribution in [2.24, 2.45) is 0 Å². The molecule has 0 N–H and O–H groups in total. The average molecular weight is 700 g/mol. The first-order chi connectivity index (χ1) is 24.1.